The molecule has 0 radical (unpaired) electrons. The Bertz CT molecular complexity index is 602. The van der Waals surface area contributed by atoms with Crippen LogP contribution in [-0.4, -0.2) is 16.3 Å². The first-order valence-electron chi connectivity index (χ1n) is 5.11. The van der Waals surface area contributed by atoms with Gasteiger partial charge in [-0.15, -0.1) is 0 Å². The third-order valence-electron chi connectivity index (χ3n) is 2.47. The zero-order chi connectivity index (χ0) is 13.1. The number of nitrogens with one attached hydrogen (secondary N) is 1. The number of hydrogen-bond donors (Lipinski definition) is 1. The molecule has 2 rings (SSSR count). The predicted molar refractivity (Wildman–Crippen MR) is 71.9 cm³/mol. The van der Waals surface area contributed by atoms with Crippen LogP contribution in [0.3, 0.4) is 0 Å². The Morgan fingerprint density at radius 3 is 2.78 bits per heavy atom. The van der Waals surface area contributed by atoms with E-state index in [-0.39, 0.29) is 10.7 Å². The Hall–Kier alpha value is -1.65. The summed E-state index contributed by atoms with van der Waals surface area (Å²) in [5.74, 6) is 0.357. The molecule has 2 aromatic rings. The molecule has 18 heavy (non-hydrogen) atoms. The molecule has 6 heteroatoms. The first-order valence-corrected chi connectivity index (χ1v) is 5.87. The summed E-state index contributed by atoms with van der Waals surface area (Å²) < 4.78 is 0. The number of halogens is 2. The SMILES string of the molecule is Cc1c(Cl)cccc1Nc1ncnc(Cl)c1C=O. The van der Waals surface area contributed by atoms with Gasteiger partial charge in [0.15, 0.2) is 6.29 Å². The Morgan fingerprint density at radius 2 is 2.06 bits per heavy atom. The van der Waals surface area contributed by atoms with Gasteiger partial charge in [-0.2, -0.15) is 0 Å². The molecule has 0 bridgehead atoms. The molecule has 4 nitrogen and oxygen atoms in total. The van der Waals surface area contributed by atoms with Crippen molar-refractivity contribution in [3.63, 3.8) is 0 Å². The van der Waals surface area contributed by atoms with Gasteiger partial charge in [0, 0.05) is 10.7 Å². The summed E-state index contributed by atoms with van der Waals surface area (Å²) in [6.45, 7) is 1.87. The number of hydrogen-bond acceptors (Lipinski definition) is 4. The highest BCUT2D eigenvalue weighted by atomic mass is 35.5. The monoisotopic (exact) mass is 281 g/mol. The maximum atomic E-state index is 11.0. The van der Waals surface area contributed by atoms with Crippen molar-refractivity contribution in [2.75, 3.05) is 5.32 Å². The quantitative estimate of drug-likeness (QED) is 0.689. The number of carbonyl (C=O) groups is 1. The molecule has 0 spiro atoms. The van der Waals surface area contributed by atoms with Crippen molar-refractivity contribution in [2.45, 2.75) is 6.92 Å². The van der Waals surface area contributed by atoms with E-state index >= 15 is 0 Å². The third kappa shape index (κ3) is 2.44. The summed E-state index contributed by atoms with van der Waals surface area (Å²) in [6.07, 6.45) is 1.90. The van der Waals surface area contributed by atoms with Crippen LogP contribution in [0.5, 0.6) is 0 Å². The fourth-order valence-electron chi connectivity index (χ4n) is 1.45. The largest absolute Gasteiger partial charge is 0.339 e. The molecular weight excluding hydrogens is 273 g/mol. The van der Waals surface area contributed by atoms with Gasteiger partial charge in [-0.05, 0) is 24.6 Å². The number of anilines is 2. The smallest absolute Gasteiger partial charge is 0.156 e. The molecule has 0 amide bonds. The van der Waals surface area contributed by atoms with Gasteiger partial charge >= 0.3 is 0 Å². The van der Waals surface area contributed by atoms with Crippen LogP contribution in [0.4, 0.5) is 11.5 Å². The van der Waals surface area contributed by atoms with Crippen LogP contribution in [0, 0.1) is 6.92 Å². The Kier molecular flexibility index (Phi) is 3.79. The van der Waals surface area contributed by atoms with Gasteiger partial charge in [0.05, 0.1) is 5.56 Å². The van der Waals surface area contributed by atoms with Crippen LogP contribution in [0.25, 0.3) is 0 Å². The van der Waals surface area contributed by atoms with Crippen LogP contribution in [-0.2, 0) is 0 Å². The highest BCUT2D eigenvalue weighted by molar-refractivity contribution is 6.32. The van der Waals surface area contributed by atoms with E-state index in [1.165, 1.54) is 6.33 Å². The van der Waals surface area contributed by atoms with Crippen LogP contribution < -0.4 is 5.32 Å². The number of nitrogens with zero attached hydrogens (tertiary/aromatic N) is 2. The lowest BCUT2D eigenvalue weighted by molar-refractivity contribution is 0.112. The average molecular weight is 282 g/mol. The second-order valence-electron chi connectivity index (χ2n) is 3.58. The minimum atomic E-state index is 0.113. The molecule has 0 atom stereocenters. The van der Waals surface area contributed by atoms with Gasteiger partial charge in [0.1, 0.15) is 17.3 Å². The molecule has 0 saturated heterocycles. The second-order valence-corrected chi connectivity index (χ2v) is 4.35. The fourth-order valence-corrected chi connectivity index (χ4v) is 1.80. The molecule has 1 aromatic heterocycles. The summed E-state index contributed by atoms with van der Waals surface area (Å²) in [4.78, 5) is 18.7. The van der Waals surface area contributed by atoms with Crippen molar-refractivity contribution in [1.29, 1.82) is 0 Å². The summed E-state index contributed by atoms with van der Waals surface area (Å²) in [5, 5.41) is 3.77. The first-order chi connectivity index (χ1) is 8.63. The average Bonchev–Trinajstić information content (AvgIpc) is 2.35. The van der Waals surface area contributed by atoms with Gasteiger partial charge in [0.25, 0.3) is 0 Å². The molecule has 0 aliphatic carbocycles. The molecule has 1 heterocycles. The lowest BCUT2D eigenvalue weighted by Crippen LogP contribution is -2.01. The fraction of sp³-hybridized carbons (Fsp3) is 0.0833. The molecule has 0 aliphatic rings. The van der Waals surface area contributed by atoms with E-state index in [1.54, 1.807) is 12.1 Å². The van der Waals surface area contributed by atoms with Crippen molar-refractivity contribution in [1.82, 2.24) is 9.97 Å². The minimum absolute atomic E-state index is 0.113. The number of benzene rings is 1. The summed E-state index contributed by atoms with van der Waals surface area (Å²) >= 11 is 11.8. The third-order valence-corrected chi connectivity index (χ3v) is 3.18. The van der Waals surface area contributed by atoms with E-state index in [1.807, 2.05) is 13.0 Å². The molecule has 1 aromatic carbocycles. The van der Waals surface area contributed by atoms with E-state index in [2.05, 4.69) is 15.3 Å². The number of carbonyl (C=O) groups excluding carboxylic acids is 1. The zero-order valence-corrected chi connectivity index (χ0v) is 11.0. The van der Waals surface area contributed by atoms with Gasteiger partial charge in [0.2, 0.25) is 0 Å². The van der Waals surface area contributed by atoms with Gasteiger partial charge in [-0.1, -0.05) is 29.3 Å². The molecule has 0 fully saturated rings. The molecule has 1 N–H and O–H groups in total. The normalized spacial score (nSPS) is 10.2. The highest BCUT2D eigenvalue weighted by Crippen LogP contribution is 2.27. The van der Waals surface area contributed by atoms with Crippen LogP contribution >= 0.6 is 23.2 Å². The van der Waals surface area contributed by atoms with Crippen LogP contribution in [0.1, 0.15) is 15.9 Å². The summed E-state index contributed by atoms with van der Waals surface area (Å²) in [5.41, 5.74) is 1.85. The maximum Gasteiger partial charge on any atom is 0.156 e. The Morgan fingerprint density at radius 1 is 1.28 bits per heavy atom. The minimum Gasteiger partial charge on any atom is -0.339 e. The van der Waals surface area contributed by atoms with Crippen molar-refractivity contribution in [3.8, 4) is 0 Å². The zero-order valence-electron chi connectivity index (χ0n) is 9.45. The topological polar surface area (TPSA) is 54.9 Å². The predicted octanol–water partition coefficient (Wildman–Crippen LogP) is 3.65. The maximum absolute atomic E-state index is 11.0. The van der Waals surface area contributed by atoms with Crippen molar-refractivity contribution in [2.24, 2.45) is 0 Å². The second kappa shape index (κ2) is 5.33. The van der Waals surface area contributed by atoms with Gasteiger partial charge < -0.3 is 5.32 Å². The lowest BCUT2D eigenvalue weighted by atomic mass is 10.2. The standard InChI is InChI=1S/C12H9Cl2N3O/c1-7-9(13)3-2-4-10(7)17-12-8(5-18)11(14)15-6-16-12/h2-6H,1H3,(H,15,16,17). The summed E-state index contributed by atoms with van der Waals surface area (Å²) in [6, 6.07) is 5.43. The van der Waals surface area contributed by atoms with Crippen LogP contribution in [0.15, 0.2) is 24.5 Å². The first kappa shape index (κ1) is 12.8. The summed E-state index contributed by atoms with van der Waals surface area (Å²) in [7, 11) is 0. The molecule has 92 valence electrons. The number of rotatable bonds is 3. The van der Waals surface area contributed by atoms with Gasteiger partial charge in [-0.3, -0.25) is 4.79 Å². The lowest BCUT2D eigenvalue weighted by Gasteiger charge is -2.11. The van der Waals surface area contributed by atoms with E-state index < -0.39 is 0 Å². The Balaban J connectivity index is 2.43. The van der Waals surface area contributed by atoms with Crippen LogP contribution in [0.2, 0.25) is 10.2 Å². The highest BCUT2D eigenvalue weighted by Gasteiger charge is 2.10. The number of aromatic nitrogens is 2. The molecule has 0 saturated carbocycles. The van der Waals surface area contributed by atoms with Crippen molar-refractivity contribution in [3.05, 3.63) is 45.8 Å². The molecule has 0 aliphatic heterocycles. The number of aldehydes is 1. The molecule has 0 unspecified atom stereocenters. The van der Waals surface area contributed by atoms with Crippen molar-refractivity contribution >= 4 is 41.0 Å². The van der Waals surface area contributed by atoms with Crippen molar-refractivity contribution < 1.29 is 4.79 Å². The van der Waals surface area contributed by atoms with E-state index in [4.69, 9.17) is 23.2 Å². The van der Waals surface area contributed by atoms with Gasteiger partial charge in [-0.25, -0.2) is 9.97 Å². The van der Waals surface area contributed by atoms with E-state index in [0.717, 1.165) is 11.3 Å². The van der Waals surface area contributed by atoms with E-state index in [9.17, 15) is 4.79 Å². The Labute approximate surface area is 114 Å². The molecular formula is C12H9Cl2N3O. The van der Waals surface area contributed by atoms with E-state index in [0.29, 0.717) is 17.1 Å².